The molecular weight excluding hydrogens is 337 g/mol. The topological polar surface area (TPSA) is 29.1 Å². The lowest BCUT2D eigenvalue weighted by Crippen LogP contribution is -2.37. The minimum atomic E-state index is -0.112. The van der Waals surface area contributed by atoms with Crippen molar-refractivity contribution in [1.82, 2.24) is 5.32 Å². The summed E-state index contributed by atoms with van der Waals surface area (Å²) in [6, 6.07) is 5.49. The van der Waals surface area contributed by atoms with Gasteiger partial charge < -0.3 is 5.32 Å². The third-order valence-electron chi connectivity index (χ3n) is 3.16. The molecule has 0 bridgehead atoms. The molecule has 0 heterocycles. The Labute approximate surface area is 125 Å². The highest BCUT2D eigenvalue weighted by Gasteiger charge is 2.22. The van der Waals surface area contributed by atoms with Crippen LogP contribution >= 0.6 is 39.1 Å². The van der Waals surface area contributed by atoms with E-state index in [0.717, 1.165) is 30.2 Å². The summed E-state index contributed by atoms with van der Waals surface area (Å²) in [4.78, 5) is 12.1. The molecule has 5 heteroatoms. The standard InChI is InChI=1S/C13H14BrCl2NO/c14-8-1-6-12(16)11(7-8)13(18)17-10-4-2-9(15)3-5-10/h1,6-7,9-10H,2-5H2,(H,17,18). The first-order valence-corrected chi connectivity index (χ1v) is 7.57. The van der Waals surface area contributed by atoms with Gasteiger partial charge in [-0.15, -0.1) is 11.6 Å². The quantitative estimate of drug-likeness (QED) is 0.788. The maximum absolute atomic E-state index is 12.1. The molecule has 1 saturated carbocycles. The van der Waals surface area contributed by atoms with Crippen molar-refractivity contribution in [3.05, 3.63) is 33.3 Å². The number of benzene rings is 1. The van der Waals surface area contributed by atoms with Gasteiger partial charge in [0, 0.05) is 15.9 Å². The van der Waals surface area contributed by atoms with Gasteiger partial charge in [0.15, 0.2) is 0 Å². The predicted octanol–water partition coefficient (Wildman–Crippen LogP) is 4.38. The summed E-state index contributed by atoms with van der Waals surface area (Å²) in [6.07, 6.45) is 3.79. The number of rotatable bonds is 2. The largest absolute Gasteiger partial charge is 0.349 e. The lowest BCUT2D eigenvalue weighted by atomic mass is 9.95. The van der Waals surface area contributed by atoms with E-state index in [1.807, 2.05) is 6.07 Å². The maximum Gasteiger partial charge on any atom is 0.253 e. The van der Waals surface area contributed by atoms with Crippen LogP contribution in [0.2, 0.25) is 5.02 Å². The van der Waals surface area contributed by atoms with E-state index in [9.17, 15) is 4.79 Å². The van der Waals surface area contributed by atoms with Crippen molar-refractivity contribution in [2.75, 3.05) is 0 Å². The average Bonchev–Trinajstić information content (AvgIpc) is 2.35. The number of carbonyl (C=O) groups excluding carboxylic acids is 1. The van der Waals surface area contributed by atoms with E-state index in [4.69, 9.17) is 23.2 Å². The molecule has 1 aromatic carbocycles. The van der Waals surface area contributed by atoms with Gasteiger partial charge in [0.2, 0.25) is 0 Å². The van der Waals surface area contributed by atoms with E-state index >= 15 is 0 Å². The Kier molecular flexibility index (Phi) is 4.93. The maximum atomic E-state index is 12.1. The molecule has 0 spiro atoms. The van der Waals surface area contributed by atoms with Gasteiger partial charge in [-0.3, -0.25) is 4.79 Å². The van der Waals surface area contributed by atoms with E-state index < -0.39 is 0 Å². The van der Waals surface area contributed by atoms with Gasteiger partial charge in [-0.05, 0) is 43.9 Å². The zero-order chi connectivity index (χ0) is 13.1. The van der Waals surface area contributed by atoms with Crippen LogP contribution in [0.5, 0.6) is 0 Å². The summed E-state index contributed by atoms with van der Waals surface area (Å²) in [6.45, 7) is 0. The van der Waals surface area contributed by atoms with E-state index in [0.29, 0.717) is 10.6 Å². The summed E-state index contributed by atoms with van der Waals surface area (Å²) in [7, 11) is 0. The lowest BCUT2D eigenvalue weighted by Gasteiger charge is -2.26. The average molecular weight is 351 g/mol. The third-order valence-corrected chi connectivity index (χ3v) is 4.42. The Bertz CT molecular complexity index is 445. The first-order valence-electron chi connectivity index (χ1n) is 5.96. The van der Waals surface area contributed by atoms with Gasteiger partial charge in [-0.25, -0.2) is 0 Å². The molecule has 1 fully saturated rings. The molecule has 0 unspecified atom stereocenters. The smallest absolute Gasteiger partial charge is 0.253 e. The Hall–Kier alpha value is -0.250. The molecule has 0 atom stereocenters. The second-order valence-electron chi connectivity index (χ2n) is 4.55. The number of halogens is 3. The molecule has 0 aromatic heterocycles. The lowest BCUT2D eigenvalue weighted by molar-refractivity contribution is 0.0928. The van der Waals surface area contributed by atoms with Crippen LogP contribution in [-0.4, -0.2) is 17.3 Å². The molecule has 1 aliphatic carbocycles. The van der Waals surface area contributed by atoms with E-state index in [-0.39, 0.29) is 17.3 Å². The highest BCUT2D eigenvalue weighted by atomic mass is 79.9. The van der Waals surface area contributed by atoms with Gasteiger partial charge >= 0.3 is 0 Å². The normalized spacial score (nSPS) is 23.7. The molecular formula is C13H14BrCl2NO. The van der Waals surface area contributed by atoms with Gasteiger partial charge in [0.25, 0.3) is 5.91 Å². The number of hydrogen-bond donors (Lipinski definition) is 1. The van der Waals surface area contributed by atoms with Crippen molar-refractivity contribution >= 4 is 45.0 Å². The van der Waals surface area contributed by atoms with Gasteiger partial charge in [-0.2, -0.15) is 0 Å². The van der Waals surface area contributed by atoms with Crippen molar-refractivity contribution in [2.24, 2.45) is 0 Å². The fourth-order valence-electron chi connectivity index (χ4n) is 2.13. The predicted molar refractivity (Wildman–Crippen MR) is 78.5 cm³/mol. The fraction of sp³-hybridized carbons (Fsp3) is 0.462. The summed E-state index contributed by atoms with van der Waals surface area (Å²) in [5.74, 6) is -0.112. The van der Waals surface area contributed by atoms with Crippen molar-refractivity contribution < 1.29 is 4.79 Å². The highest BCUT2D eigenvalue weighted by molar-refractivity contribution is 9.10. The van der Waals surface area contributed by atoms with E-state index in [2.05, 4.69) is 21.2 Å². The second kappa shape index (κ2) is 6.27. The molecule has 1 aromatic rings. The number of carbonyl (C=O) groups is 1. The Morgan fingerprint density at radius 3 is 2.61 bits per heavy atom. The van der Waals surface area contributed by atoms with Crippen LogP contribution in [0.15, 0.2) is 22.7 Å². The molecule has 0 radical (unpaired) electrons. The van der Waals surface area contributed by atoms with Crippen LogP contribution in [0, 0.1) is 0 Å². The van der Waals surface area contributed by atoms with Crippen LogP contribution < -0.4 is 5.32 Å². The van der Waals surface area contributed by atoms with Gasteiger partial charge in [0.05, 0.1) is 10.6 Å². The Morgan fingerprint density at radius 1 is 1.28 bits per heavy atom. The number of hydrogen-bond acceptors (Lipinski definition) is 1. The summed E-state index contributed by atoms with van der Waals surface area (Å²) in [5.41, 5.74) is 0.513. The van der Waals surface area contributed by atoms with Crippen LogP contribution in [0.1, 0.15) is 36.0 Å². The Balaban J connectivity index is 2.01. The first-order chi connectivity index (χ1) is 8.56. The van der Waals surface area contributed by atoms with Crippen molar-refractivity contribution in [1.29, 1.82) is 0 Å². The number of alkyl halides is 1. The van der Waals surface area contributed by atoms with E-state index in [1.165, 1.54) is 0 Å². The van der Waals surface area contributed by atoms with Gasteiger partial charge in [0.1, 0.15) is 0 Å². The second-order valence-corrected chi connectivity index (χ2v) is 6.49. The summed E-state index contributed by atoms with van der Waals surface area (Å²) >= 11 is 15.4. The van der Waals surface area contributed by atoms with Crippen molar-refractivity contribution in [3.63, 3.8) is 0 Å². The molecule has 18 heavy (non-hydrogen) atoms. The molecule has 98 valence electrons. The van der Waals surface area contributed by atoms with Crippen LogP contribution in [0.4, 0.5) is 0 Å². The SMILES string of the molecule is O=C(NC1CCC(Cl)CC1)c1cc(Br)ccc1Cl. The van der Waals surface area contributed by atoms with Crippen LogP contribution in [0.3, 0.4) is 0 Å². The van der Waals surface area contributed by atoms with Crippen molar-refractivity contribution in [3.8, 4) is 0 Å². The molecule has 0 saturated heterocycles. The number of amides is 1. The highest BCUT2D eigenvalue weighted by Crippen LogP contribution is 2.24. The molecule has 2 rings (SSSR count). The van der Waals surface area contributed by atoms with E-state index in [1.54, 1.807) is 12.1 Å². The zero-order valence-electron chi connectivity index (χ0n) is 9.76. The fourth-order valence-corrected chi connectivity index (χ4v) is 2.95. The first kappa shape index (κ1) is 14.2. The minimum absolute atomic E-state index is 0.112. The minimum Gasteiger partial charge on any atom is -0.349 e. The summed E-state index contributed by atoms with van der Waals surface area (Å²) in [5, 5.41) is 3.75. The molecule has 1 N–H and O–H groups in total. The van der Waals surface area contributed by atoms with Crippen molar-refractivity contribution in [2.45, 2.75) is 37.1 Å². The molecule has 0 aliphatic heterocycles. The van der Waals surface area contributed by atoms with Gasteiger partial charge in [-0.1, -0.05) is 27.5 Å². The third kappa shape index (κ3) is 3.62. The van der Waals surface area contributed by atoms with Crippen LogP contribution in [0.25, 0.3) is 0 Å². The monoisotopic (exact) mass is 349 g/mol. The summed E-state index contributed by atoms with van der Waals surface area (Å²) < 4.78 is 0.849. The number of nitrogens with one attached hydrogen (secondary N) is 1. The Morgan fingerprint density at radius 2 is 1.94 bits per heavy atom. The zero-order valence-corrected chi connectivity index (χ0v) is 12.9. The molecule has 2 nitrogen and oxygen atoms in total. The molecule has 1 aliphatic rings. The molecule has 1 amide bonds. The van der Waals surface area contributed by atoms with Crippen LogP contribution in [-0.2, 0) is 0 Å².